The van der Waals surface area contributed by atoms with Crippen molar-refractivity contribution in [3.63, 3.8) is 0 Å². The number of nitrogen functional groups attached to an aromatic ring is 1. The molecule has 104 valence electrons. The highest BCUT2D eigenvalue weighted by molar-refractivity contribution is 7.80. The summed E-state index contributed by atoms with van der Waals surface area (Å²) in [5, 5.41) is 6.44. The lowest BCUT2D eigenvalue weighted by Gasteiger charge is -2.12. The maximum atomic E-state index is 13.5. The van der Waals surface area contributed by atoms with Crippen molar-refractivity contribution < 1.29 is 4.39 Å². The number of hydrogen-bond acceptors (Lipinski definition) is 2. The van der Waals surface area contributed by atoms with E-state index in [1.165, 1.54) is 6.07 Å². The molecule has 20 heavy (non-hydrogen) atoms. The highest BCUT2D eigenvalue weighted by Gasteiger charge is 2.07. The summed E-state index contributed by atoms with van der Waals surface area (Å²) in [4.78, 5) is 0. The molecule has 0 bridgehead atoms. The van der Waals surface area contributed by atoms with E-state index in [2.05, 4.69) is 10.6 Å². The van der Waals surface area contributed by atoms with E-state index < -0.39 is 5.82 Å². The van der Waals surface area contributed by atoms with E-state index in [9.17, 15) is 4.39 Å². The van der Waals surface area contributed by atoms with E-state index >= 15 is 0 Å². The molecule has 0 heterocycles. The molecule has 0 amide bonds. The third-order valence-electron chi connectivity index (χ3n) is 2.46. The number of nitrogens with one attached hydrogen (secondary N) is 2. The molecule has 0 aliphatic heterocycles. The maximum Gasteiger partial charge on any atom is 0.175 e. The Kier molecular flexibility index (Phi) is 4.65. The molecule has 0 saturated heterocycles. The second-order valence-electron chi connectivity index (χ2n) is 3.91. The predicted octanol–water partition coefficient (Wildman–Crippen LogP) is 4.52. The smallest absolute Gasteiger partial charge is 0.175 e. The second kappa shape index (κ2) is 6.26. The molecule has 7 heteroatoms. The first kappa shape index (κ1) is 14.8. The summed E-state index contributed by atoms with van der Waals surface area (Å²) in [7, 11) is 0. The van der Waals surface area contributed by atoms with Crippen LogP contribution in [-0.2, 0) is 0 Å². The highest BCUT2D eigenvalue weighted by Crippen LogP contribution is 2.31. The van der Waals surface area contributed by atoms with Crippen LogP contribution in [0.5, 0.6) is 0 Å². The lowest BCUT2D eigenvalue weighted by Crippen LogP contribution is -2.19. The molecule has 0 aliphatic rings. The quantitative estimate of drug-likeness (QED) is 0.560. The molecule has 0 aromatic heterocycles. The monoisotopic (exact) mass is 329 g/mol. The molecule has 0 spiro atoms. The normalized spacial score (nSPS) is 10.2. The van der Waals surface area contributed by atoms with Crippen LogP contribution in [0.3, 0.4) is 0 Å². The van der Waals surface area contributed by atoms with Crippen LogP contribution >= 0.6 is 35.4 Å². The van der Waals surface area contributed by atoms with E-state index in [0.717, 1.165) is 0 Å². The number of hydrogen-bond donors (Lipinski definition) is 3. The molecular weight excluding hydrogens is 320 g/mol. The van der Waals surface area contributed by atoms with E-state index in [-0.39, 0.29) is 10.8 Å². The van der Waals surface area contributed by atoms with Gasteiger partial charge < -0.3 is 16.4 Å². The SMILES string of the molecule is Nc1c(Cl)cc(NC(=S)Nc2ccccc2F)cc1Cl. The Bertz CT molecular complexity index is 641. The zero-order valence-electron chi connectivity index (χ0n) is 10.1. The zero-order chi connectivity index (χ0) is 14.7. The minimum absolute atomic E-state index is 0.215. The lowest BCUT2D eigenvalue weighted by molar-refractivity contribution is 0.632. The first-order valence-corrected chi connectivity index (χ1v) is 6.71. The highest BCUT2D eigenvalue weighted by atomic mass is 35.5. The van der Waals surface area contributed by atoms with Crippen molar-refractivity contribution in [3.8, 4) is 0 Å². The maximum absolute atomic E-state index is 13.5. The fourth-order valence-electron chi connectivity index (χ4n) is 1.50. The van der Waals surface area contributed by atoms with Gasteiger partial charge in [0, 0.05) is 5.69 Å². The van der Waals surface area contributed by atoms with Crippen molar-refractivity contribution >= 4 is 57.6 Å². The van der Waals surface area contributed by atoms with Crippen molar-refractivity contribution in [1.82, 2.24) is 0 Å². The van der Waals surface area contributed by atoms with Crippen molar-refractivity contribution in [2.75, 3.05) is 16.4 Å². The lowest BCUT2D eigenvalue weighted by atomic mass is 10.3. The number of anilines is 3. The van der Waals surface area contributed by atoms with Gasteiger partial charge in [-0.15, -0.1) is 0 Å². The summed E-state index contributed by atoms with van der Waals surface area (Å²) in [6.07, 6.45) is 0. The molecule has 2 aromatic rings. The molecule has 0 radical (unpaired) electrons. The van der Waals surface area contributed by atoms with Gasteiger partial charge in [0.2, 0.25) is 0 Å². The number of nitrogens with two attached hydrogens (primary N) is 1. The number of rotatable bonds is 2. The second-order valence-corrected chi connectivity index (χ2v) is 5.14. The third-order valence-corrected chi connectivity index (χ3v) is 3.29. The summed E-state index contributed by atoms with van der Waals surface area (Å²) in [5.41, 5.74) is 6.77. The molecule has 3 nitrogen and oxygen atoms in total. The fraction of sp³-hybridized carbons (Fsp3) is 0. The van der Waals surface area contributed by atoms with Crippen LogP contribution in [0.4, 0.5) is 21.5 Å². The zero-order valence-corrected chi connectivity index (χ0v) is 12.4. The van der Waals surface area contributed by atoms with Gasteiger partial charge >= 0.3 is 0 Å². The first-order valence-electron chi connectivity index (χ1n) is 5.54. The molecule has 0 unspecified atom stereocenters. The van der Waals surface area contributed by atoms with Crippen LogP contribution in [0.2, 0.25) is 10.0 Å². The van der Waals surface area contributed by atoms with Crippen molar-refractivity contribution in [3.05, 3.63) is 52.3 Å². The van der Waals surface area contributed by atoms with Gasteiger partial charge in [-0.05, 0) is 36.5 Å². The summed E-state index contributed by atoms with van der Waals surface area (Å²) < 4.78 is 13.5. The summed E-state index contributed by atoms with van der Waals surface area (Å²) in [6, 6.07) is 9.37. The Balaban J connectivity index is 2.11. The van der Waals surface area contributed by atoms with Gasteiger partial charge in [-0.3, -0.25) is 0 Å². The van der Waals surface area contributed by atoms with Gasteiger partial charge in [0.25, 0.3) is 0 Å². The molecule has 2 aromatic carbocycles. The van der Waals surface area contributed by atoms with Crippen LogP contribution < -0.4 is 16.4 Å². The Morgan fingerprint density at radius 3 is 2.30 bits per heavy atom. The number of para-hydroxylation sites is 1. The van der Waals surface area contributed by atoms with Crippen LogP contribution in [0.15, 0.2) is 36.4 Å². The topological polar surface area (TPSA) is 50.1 Å². The van der Waals surface area contributed by atoms with Crippen LogP contribution in [0, 0.1) is 5.82 Å². The van der Waals surface area contributed by atoms with Crippen LogP contribution in [0.25, 0.3) is 0 Å². The summed E-state index contributed by atoms with van der Waals surface area (Å²) >= 11 is 16.9. The van der Waals surface area contributed by atoms with Crippen molar-refractivity contribution in [2.45, 2.75) is 0 Å². The van der Waals surface area contributed by atoms with E-state index in [4.69, 9.17) is 41.2 Å². The minimum Gasteiger partial charge on any atom is -0.396 e. The van der Waals surface area contributed by atoms with Gasteiger partial charge in [0.1, 0.15) is 5.82 Å². The Hall–Kier alpha value is -1.56. The fourth-order valence-corrected chi connectivity index (χ4v) is 2.22. The molecule has 4 N–H and O–H groups in total. The first-order chi connectivity index (χ1) is 9.47. The summed E-state index contributed by atoms with van der Waals surface area (Å²) in [6.45, 7) is 0. The van der Waals surface area contributed by atoms with Crippen molar-refractivity contribution in [2.24, 2.45) is 0 Å². The van der Waals surface area contributed by atoms with Crippen LogP contribution in [-0.4, -0.2) is 5.11 Å². The van der Waals surface area contributed by atoms with Crippen molar-refractivity contribution in [1.29, 1.82) is 0 Å². The van der Waals surface area contributed by atoms with E-state index in [1.54, 1.807) is 30.3 Å². The average molecular weight is 330 g/mol. The van der Waals surface area contributed by atoms with E-state index in [1.807, 2.05) is 0 Å². The van der Waals surface area contributed by atoms with Gasteiger partial charge in [0.05, 0.1) is 21.4 Å². The Labute approximate surface area is 130 Å². The Morgan fingerprint density at radius 2 is 1.70 bits per heavy atom. The van der Waals surface area contributed by atoms with Gasteiger partial charge in [0.15, 0.2) is 5.11 Å². The predicted molar refractivity (Wildman–Crippen MR) is 87.1 cm³/mol. The molecular formula is C13H10Cl2FN3S. The van der Waals surface area contributed by atoms with Gasteiger partial charge in [-0.1, -0.05) is 35.3 Å². The van der Waals surface area contributed by atoms with Gasteiger partial charge in [-0.2, -0.15) is 0 Å². The number of benzene rings is 2. The minimum atomic E-state index is -0.398. The standard InChI is InChI=1S/C13H10Cl2FN3S/c14-8-5-7(6-9(15)12(8)17)18-13(20)19-11-4-2-1-3-10(11)16/h1-6H,17H2,(H2,18,19,20). The molecule has 0 saturated carbocycles. The van der Waals surface area contributed by atoms with Crippen LogP contribution in [0.1, 0.15) is 0 Å². The third kappa shape index (κ3) is 3.50. The molecule has 0 atom stereocenters. The summed E-state index contributed by atoms with van der Waals surface area (Å²) in [5.74, 6) is -0.398. The average Bonchev–Trinajstić information content (AvgIpc) is 2.38. The molecule has 0 fully saturated rings. The molecule has 0 aliphatic carbocycles. The van der Waals surface area contributed by atoms with Gasteiger partial charge in [-0.25, -0.2) is 4.39 Å². The van der Waals surface area contributed by atoms with E-state index in [0.29, 0.717) is 21.4 Å². The number of halogens is 3. The largest absolute Gasteiger partial charge is 0.396 e. The molecule has 2 rings (SSSR count). The number of thiocarbonyl (C=S) groups is 1. The Morgan fingerprint density at radius 1 is 1.10 bits per heavy atom.